The van der Waals surface area contributed by atoms with E-state index in [9.17, 15) is 19.2 Å². The number of amides is 2. The molecule has 0 heterocycles. The van der Waals surface area contributed by atoms with Crippen molar-refractivity contribution in [3.63, 3.8) is 0 Å². The topological polar surface area (TPSA) is 210 Å². The number of ether oxygens (including phenoxy) is 3. The Balaban J connectivity index is 1.33. The molecule has 0 saturated carbocycles. The molecule has 5 aromatic carbocycles. The van der Waals surface area contributed by atoms with Crippen molar-refractivity contribution in [2.45, 2.75) is 104 Å². The van der Waals surface area contributed by atoms with E-state index in [1.807, 2.05) is 68.4 Å². The molecular formula is C54H69ClN6O7. The lowest BCUT2D eigenvalue weighted by molar-refractivity contribution is -0.150. The normalized spacial score (nSPS) is 12.6. The zero-order valence-electron chi connectivity index (χ0n) is 39.9. The van der Waals surface area contributed by atoms with Gasteiger partial charge in [-0.2, -0.15) is 0 Å². The lowest BCUT2D eigenvalue weighted by Gasteiger charge is -2.24. The molecule has 0 aromatic heterocycles. The number of rotatable bonds is 28. The number of nitrogens with zero attached hydrogens (tertiary/aromatic N) is 1. The van der Waals surface area contributed by atoms with Gasteiger partial charge in [0.05, 0.1) is 12.6 Å². The van der Waals surface area contributed by atoms with Gasteiger partial charge in [-0.15, -0.1) is 0 Å². The van der Waals surface area contributed by atoms with Crippen molar-refractivity contribution < 1.29 is 33.4 Å². The third kappa shape index (κ3) is 16.0. The third-order valence-electron chi connectivity index (χ3n) is 11.8. The number of fused-ring (bicyclic) bond motifs is 2. The maximum atomic E-state index is 14.1. The zero-order chi connectivity index (χ0) is 49.0. The van der Waals surface area contributed by atoms with E-state index in [1.54, 1.807) is 24.3 Å². The van der Waals surface area contributed by atoms with Crippen molar-refractivity contribution in [1.29, 1.82) is 0 Å². The number of guanidine groups is 1. The molecule has 8 N–H and O–H groups in total. The molecule has 2 amide bonds. The first-order valence-corrected chi connectivity index (χ1v) is 24.2. The van der Waals surface area contributed by atoms with Crippen LogP contribution in [0.25, 0.3) is 32.7 Å². The van der Waals surface area contributed by atoms with E-state index >= 15 is 0 Å². The molecule has 0 aliphatic rings. The second-order valence-electron chi connectivity index (χ2n) is 18.1. The van der Waals surface area contributed by atoms with E-state index in [0.29, 0.717) is 79.7 Å². The van der Waals surface area contributed by atoms with Crippen LogP contribution in [0.4, 0.5) is 0 Å². The van der Waals surface area contributed by atoms with E-state index < -0.39 is 35.8 Å². The molecule has 0 unspecified atom stereocenters. The summed E-state index contributed by atoms with van der Waals surface area (Å²) in [5, 5.41) is 10.3. The molecule has 0 saturated heterocycles. The van der Waals surface area contributed by atoms with Crippen molar-refractivity contribution in [1.82, 2.24) is 10.6 Å². The monoisotopic (exact) mass is 948 g/mol. The van der Waals surface area contributed by atoms with Gasteiger partial charge >= 0.3 is 5.97 Å². The van der Waals surface area contributed by atoms with Crippen LogP contribution in [-0.2, 0) is 30.5 Å². The number of halogens is 1. The molecule has 0 spiro atoms. The predicted octanol–water partition coefficient (Wildman–Crippen LogP) is 9.02. The number of carbonyl (C=O) groups excluding carboxylic acids is 4. The fourth-order valence-electron chi connectivity index (χ4n) is 8.13. The van der Waals surface area contributed by atoms with Crippen LogP contribution < -0.4 is 37.3 Å². The molecule has 0 aliphatic carbocycles. The minimum absolute atomic E-state index is 0.0178. The van der Waals surface area contributed by atoms with Crippen LogP contribution in [0.2, 0.25) is 5.02 Å². The molecular weight excluding hydrogens is 880 g/mol. The standard InChI is InChI=1S/C54H69ClN6O7/c1-35(2)28-31-66-47-26-23-37-14-5-8-18-41(37)50(47)51-42-19-9-6-15-38(42)24-27-48(51)67-34-49(63)60-44(21-11-12-29-56)46(62)25-22-39(17-13-30-59-54(57)58)52(64)61-45(32-36(3)4)53(65)68-33-40-16-7-10-20-43(40)55/h5-10,14-16,18-20,23-24,26-27,35-36,39,44-45H,11-13,17,21-22,25,28-34,56H2,1-4H3,(H,60,63)(H,61,64)(H4,57,58,59)/t39-,44+,45-/m0/s1. The lowest BCUT2D eigenvalue weighted by atomic mass is 9.92. The summed E-state index contributed by atoms with van der Waals surface area (Å²) >= 11 is 6.30. The highest BCUT2D eigenvalue weighted by atomic mass is 35.5. The van der Waals surface area contributed by atoms with Gasteiger partial charge < -0.3 is 42.0 Å². The summed E-state index contributed by atoms with van der Waals surface area (Å²) in [5.41, 5.74) is 19.3. The highest BCUT2D eigenvalue weighted by Crippen LogP contribution is 2.45. The molecule has 364 valence electrons. The summed E-state index contributed by atoms with van der Waals surface area (Å²) in [5.74, 6) is -0.723. The Kier molecular flexibility index (Phi) is 20.9. The fraction of sp³-hybridized carbons (Fsp3) is 0.426. The Hall–Kier alpha value is -6.18. The van der Waals surface area contributed by atoms with Gasteiger partial charge in [0.1, 0.15) is 24.1 Å². The van der Waals surface area contributed by atoms with Gasteiger partial charge in [0.2, 0.25) is 5.91 Å². The van der Waals surface area contributed by atoms with Gasteiger partial charge in [0.15, 0.2) is 18.3 Å². The number of nitrogens with one attached hydrogen (secondary N) is 2. The maximum absolute atomic E-state index is 14.1. The van der Waals surface area contributed by atoms with E-state index in [-0.39, 0.29) is 50.3 Å². The number of esters is 1. The first-order chi connectivity index (χ1) is 32.7. The molecule has 5 aromatic rings. The van der Waals surface area contributed by atoms with Gasteiger partial charge in [0, 0.05) is 40.6 Å². The van der Waals surface area contributed by atoms with Crippen LogP contribution in [0.3, 0.4) is 0 Å². The minimum Gasteiger partial charge on any atom is -0.493 e. The number of carbonyl (C=O) groups is 4. The predicted molar refractivity (Wildman–Crippen MR) is 272 cm³/mol. The third-order valence-corrected chi connectivity index (χ3v) is 12.1. The SMILES string of the molecule is CC(C)CCOc1ccc2ccccc2c1-c1c(OCC(=O)N[C@H](CCCCN)C(=O)CC[C@H](CCCN=C(N)N)C(=O)N[C@@H](CC(C)C)C(=O)OCc2ccccc2Cl)ccc2ccccc12. The van der Waals surface area contributed by atoms with Crippen molar-refractivity contribution >= 4 is 62.7 Å². The van der Waals surface area contributed by atoms with Crippen LogP contribution >= 0.6 is 11.6 Å². The van der Waals surface area contributed by atoms with Crippen LogP contribution in [0, 0.1) is 17.8 Å². The summed E-state index contributed by atoms with van der Waals surface area (Å²) in [7, 11) is 0. The number of aliphatic imine (C=N–C) groups is 1. The number of hydrogen-bond donors (Lipinski definition) is 5. The Bertz CT molecular complexity index is 2490. The molecule has 0 aliphatic heterocycles. The largest absolute Gasteiger partial charge is 0.493 e. The Morgan fingerprint density at radius 2 is 1.31 bits per heavy atom. The molecule has 0 radical (unpaired) electrons. The second kappa shape index (κ2) is 27.0. The highest BCUT2D eigenvalue weighted by Gasteiger charge is 2.30. The van der Waals surface area contributed by atoms with Crippen LogP contribution in [-0.4, -0.2) is 67.9 Å². The Morgan fingerprint density at radius 1 is 0.676 bits per heavy atom. The average molecular weight is 950 g/mol. The van der Waals surface area contributed by atoms with E-state index in [0.717, 1.165) is 39.1 Å². The van der Waals surface area contributed by atoms with Gasteiger partial charge in [-0.3, -0.25) is 19.4 Å². The quantitative estimate of drug-likeness (QED) is 0.0139. The van der Waals surface area contributed by atoms with E-state index in [1.165, 1.54) is 0 Å². The number of Topliss-reactive ketones (excluding diaryl/α,β-unsaturated/α-hetero) is 1. The molecule has 13 nitrogen and oxygen atoms in total. The highest BCUT2D eigenvalue weighted by molar-refractivity contribution is 6.31. The molecule has 68 heavy (non-hydrogen) atoms. The molecule has 3 atom stereocenters. The Morgan fingerprint density at radius 3 is 1.93 bits per heavy atom. The number of ketones is 1. The second-order valence-corrected chi connectivity index (χ2v) is 18.5. The average Bonchev–Trinajstić information content (AvgIpc) is 3.31. The summed E-state index contributed by atoms with van der Waals surface area (Å²) in [6.07, 6.45) is 3.74. The van der Waals surface area contributed by atoms with Crippen molar-refractivity contribution in [2.75, 3.05) is 26.3 Å². The lowest BCUT2D eigenvalue weighted by Crippen LogP contribution is -2.46. The van der Waals surface area contributed by atoms with E-state index in [4.69, 9.17) is 43.0 Å². The zero-order valence-corrected chi connectivity index (χ0v) is 40.7. The fourth-order valence-corrected chi connectivity index (χ4v) is 8.32. The van der Waals surface area contributed by atoms with E-state index in [2.05, 4.69) is 47.7 Å². The summed E-state index contributed by atoms with van der Waals surface area (Å²) in [6, 6.07) is 29.3. The molecule has 0 bridgehead atoms. The molecule has 14 heteroatoms. The first-order valence-electron chi connectivity index (χ1n) is 23.8. The number of unbranched alkanes of at least 4 members (excludes halogenated alkanes) is 1. The van der Waals surface area contributed by atoms with Crippen molar-refractivity contribution in [2.24, 2.45) is 39.9 Å². The van der Waals surface area contributed by atoms with Crippen LogP contribution in [0.15, 0.2) is 102 Å². The van der Waals surface area contributed by atoms with Crippen LogP contribution in [0.1, 0.15) is 91.0 Å². The summed E-state index contributed by atoms with van der Waals surface area (Å²) in [4.78, 5) is 59.5. The van der Waals surface area contributed by atoms with Gasteiger partial charge in [-0.1, -0.05) is 118 Å². The molecule has 5 rings (SSSR count). The minimum atomic E-state index is -0.933. The van der Waals surface area contributed by atoms with Crippen LogP contribution in [0.5, 0.6) is 11.5 Å². The van der Waals surface area contributed by atoms with Gasteiger partial charge in [0.25, 0.3) is 5.91 Å². The van der Waals surface area contributed by atoms with Gasteiger partial charge in [-0.25, -0.2) is 4.79 Å². The number of hydrogen-bond acceptors (Lipinski definition) is 9. The van der Waals surface area contributed by atoms with Crippen molar-refractivity contribution in [3.8, 4) is 22.6 Å². The number of benzene rings is 5. The smallest absolute Gasteiger partial charge is 0.328 e. The summed E-state index contributed by atoms with van der Waals surface area (Å²) in [6.45, 7) is 9.04. The maximum Gasteiger partial charge on any atom is 0.328 e. The van der Waals surface area contributed by atoms with Gasteiger partial charge in [-0.05, 0) is 109 Å². The first kappa shape index (κ1) is 52.8. The Labute approximate surface area is 405 Å². The number of nitrogens with two attached hydrogens (primary N) is 3. The molecule has 0 fully saturated rings. The van der Waals surface area contributed by atoms with Crippen molar-refractivity contribution in [3.05, 3.63) is 108 Å². The summed E-state index contributed by atoms with van der Waals surface area (Å²) < 4.78 is 18.5.